The van der Waals surface area contributed by atoms with Gasteiger partial charge in [-0.05, 0) is 25.5 Å². The van der Waals surface area contributed by atoms with E-state index in [-0.39, 0.29) is 11.9 Å². The van der Waals surface area contributed by atoms with E-state index in [1.54, 1.807) is 11.0 Å². The van der Waals surface area contributed by atoms with Crippen molar-refractivity contribution in [1.82, 2.24) is 0 Å². The first kappa shape index (κ1) is 15.1. The molecule has 0 aliphatic carbocycles. The zero-order chi connectivity index (χ0) is 17.1. The van der Waals surface area contributed by atoms with Gasteiger partial charge in [-0.1, -0.05) is 35.9 Å². The zero-order valence-corrected chi connectivity index (χ0v) is 13.4. The maximum Gasteiger partial charge on any atom is 0.310 e. The van der Waals surface area contributed by atoms with Crippen molar-refractivity contribution in [2.75, 3.05) is 4.90 Å². The predicted octanol–water partition coefficient (Wildman–Crippen LogP) is 2.39. The van der Waals surface area contributed by atoms with Crippen molar-refractivity contribution in [3.8, 4) is 0 Å². The summed E-state index contributed by atoms with van der Waals surface area (Å²) in [4.78, 5) is 26.7. The molecule has 5 atom stereocenters. The van der Waals surface area contributed by atoms with Crippen LogP contribution in [-0.2, 0) is 14.3 Å². The number of anilines is 1. The molecule has 0 aromatic heterocycles. The first-order valence-corrected chi connectivity index (χ1v) is 8.08. The fraction of sp³-hybridized carbons (Fsp3) is 0.368. The number of fused-ring (bicyclic) bond motifs is 1. The first-order chi connectivity index (χ1) is 11.5. The molecule has 1 N–H and O–H groups in total. The molecule has 4 rings (SSSR count). The molecular formula is C19H19NO4. The summed E-state index contributed by atoms with van der Waals surface area (Å²) in [5.74, 6) is -2.67. The van der Waals surface area contributed by atoms with Crippen LogP contribution in [0.2, 0.25) is 0 Å². The van der Waals surface area contributed by atoms with Gasteiger partial charge in [-0.15, -0.1) is 6.58 Å². The van der Waals surface area contributed by atoms with Crippen LogP contribution in [0.3, 0.4) is 0 Å². The second kappa shape index (κ2) is 5.05. The van der Waals surface area contributed by atoms with E-state index in [0.29, 0.717) is 6.42 Å². The molecule has 2 saturated heterocycles. The van der Waals surface area contributed by atoms with Crippen LogP contribution < -0.4 is 4.90 Å². The molecule has 0 radical (unpaired) electrons. The van der Waals surface area contributed by atoms with Crippen molar-refractivity contribution in [3.05, 3.63) is 54.6 Å². The number of carbonyl (C=O) groups excluding carboxylic acids is 1. The van der Waals surface area contributed by atoms with Crippen molar-refractivity contribution >= 4 is 17.6 Å². The molecular weight excluding hydrogens is 306 g/mol. The van der Waals surface area contributed by atoms with Crippen molar-refractivity contribution in [1.29, 1.82) is 0 Å². The van der Waals surface area contributed by atoms with Crippen LogP contribution in [0.25, 0.3) is 0 Å². The van der Waals surface area contributed by atoms with Crippen LogP contribution in [-0.4, -0.2) is 34.7 Å². The van der Waals surface area contributed by atoms with E-state index in [2.05, 4.69) is 6.58 Å². The van der Waals surface area contributed by atoms with E-state index in [0.717, 1.165) is 11.3 Å². The standard InChI is InChI=1S/C19H19NO4/c1-11(2)10-14-19-9-8-13(24-19)15(18(22)23)16(19)17(21)20(14)12-6-4-3-5-7-12/h3-9,13-16H,1,10H2,2H3,(H,22,23)/t13-,14-,15-,16+,19-/m1/s1. The Balaban J connectivity index is 1.85. The number of carbonyl (C=O) groups is 2. The smallest absolute Gasteiger partial charge is 0.310 e. The highest BCUT2D eigenvalue weighted by Crippen LogP contribution is 2.56. The maximum atomic E-state index is 13.2. The fourth-order valence-corrected chi connectivity index (χ4v) is 4.41. The molecule has 3 heterocycles. The van der Waals surface area contributed by atoms with Gasteiger partial charge in [-0.2, -0.15) is 0 Å². The number of ether oxygens (including phenoxy) is 1. The van der Waals surface area contributed by atoms with Crippen molar-refractivity contribution in [3.63, 3.8) is 0 Å². The third-order valence-electron chi connectivity index (χ3n) is 5.28. The lowest BCUT2D eigenvalue weighted by Crippen LogP contribution is -2.45. The molecule has 124 valence electrons. The van der Waals surface area contributed by atoms with Crippen molar-refractivity contribution in [2.45, 2.75) is 31.1 Å². The Bertz CT molecular complexity index is 756. The molecule has 1 aromatic carbocycles. The highest BCUT2D eigenvalue weighted by molar-refractivity contribution is 6.03. The van der Waals surface area contributed by atoms with Crippen LogP contribution in [0.1, 0.15) is 13.3 Å². The van der Waals surface area contributed by atoms with Crippen molar-refractivity contribution < 1.29 is 19.4 Å². The Hall–Kier alpha value is -2.40. The Morgan fingerprint density at radius 2 is 2.08 bits per heavy atom. The van der Waals surface area contributed by atoms with Crippen LogP contribution in [0.4, 0.5) is 5.69 Å². The van der Waals surface area contributed by atoms with Gasteiger partial charge in [0.15, 0.2) is 0 Å². The van der Waals surface area contributed by atoms with Gasteiger partial charge in [0.05, 0.1) is 18.1 Å². The molecule has 3 aliphatic heterocycles. The molecule has 24 heavy (non-hydrogen) atoms. The van der Waals surface area contributed by atoms with Crippen LogP contribution >= 0.6 is 0 Å². The first-order valence-electron chi connectivity index (χ1n) is 8.08. The predicted molar refractivity (Wildman–Crippen MR) is 88.5 cm³/mol. The molecule has 5 nitrogen and oxygen atoms in total. The van der Waals surface area contributed by atoms with Crippen molar-refractivity contribution in [2.24, 2.45) is 11.8 Å². The molecule has 2 bridgehead atoms. The van der Waals surface area contributed by atoms with Gasteiger partial charge in [0, 0.05) is 5.69 Å². The maximum absolute atomic E-state index is 13.2. The minimum atomic E-state index is -0.978. The van der Waals surface area contributed by atoms with Gasteiger partial charge in [0.2, 0.25) is 5.91 Å². The number of rotatable bonds is 4. The minimum Gasteiger partial charge on any atom is -0.481 e. The zero-order valence-electron chi connectivity index (χ0n) is 13.4. The highest BCUT2D eigenvalue weighted by atomic mass is 16.5. The van der Waals surface area contributed by atoms with Gasteiger partial charge in [-0.25, -0.2) is 0 Å². The summed E-state index contributed by atoms with van der Waals surface area (Å²) < 4.78 is 6.10. The average Bonchev–Trinajstić information content (AvgIpc) is 3.17. The third kappa shape index (κ3) is 1.85. The number of aliphatic carboxylic acids is 1. The molecule has 3 aliphatic rings. The number of nitrogens with zero attached hydrogens (tertiary/aromatic N) is 1. The summed E-state index contributed by atoms with van der Waals surface area (Å²) in [6.45, 7) is 5.90. The fourth-order valence-electron chi connectivity index (χ4n) is 4.41. The summed E-state index contributed by atoms with van der Waals surface area (Å²) in [6, 6.07) is 9.09. The average molecular weight is 325 g/mol. The van der Waals surface area contributed by atoms with E-state index in [9.17, 15) is 14.7 Å². The molecule has 1 aromatic rings. The summed E-state index contributed by atoms with van der Waals surface area (Å²) in [7, 11) is 0. The summed E-state index contributed by atoms with van der Waals surface area (Å²) in [5.41, 5.74) is 0.824. The molecule has 0 unspecified atom stereocenters. The van der Waals surface area contributed by atoms with Crippen LogP contribution in [0, 0.1) is 11.8 Å². The molecule has 0 saturated carbocycles. The number of para-hydroxylation sites is 1. The lowest BCUT2D eigenvalue weighted by Gasteiger charge is -2.33. The largest absolute Gasteiger partial charge is 0.481 e. The number of amides is 1. The summed E-state index contributed by atoms with van der Waals surface area (Å²) in [5, 5.41) is 9.62. The number of carboxylic acid groups (broad SMARTS) is 1. The molecule has 1 spiro atoms. The third-order valence-corrected chi connectivity index (χ3v) is 5.28. The topological polar surface area (TPSA) is 66.8 Å². The normalized spacial score (nSPS) is 36.2. The van der Waals surface area contributed by atoms with E-state index >= 15 is 0 Å². The van der Waals surface area contributed by atoms with Gasteiger partial charge >= 0.3 is 5.97 Å². The minimum absolute atomic E-state index is 0.174. The second-order valence-electron chi connectivity index (χ2n) is 6.86. The van der Waals surface area contributed by atoms with E-state index in [4.69, 9.17) is 4.74 Å². The number of carboxylic acids is 1. The van der Waals surface area contributed by atoms with Gasteiger partial charge < -0.3 is 14.7 Å². The van der Waals surface area contributed by atoms with E-state index in [1.807, 2.05) is 43.3 Å². The monoisotopic (exact) mass is 325 g/mol. The quantitative estimate of drug-likeness (QED) is 0.863. The molecule has 5 heteroatoms. The lowest BCUT2D eigenvalue weighted by atomic mass is 9.74. The van der Waals surface area contributed by atoms with Gasteiger partial charge in [0.1, 0.15) is 11.5 Å². The Morgan fingerprint density at radius 1 is 1.38 bits per heavy atom. The Morgan fingerprint density at radius 3 is 2.71 bits per heavy atom. The number of hydrogen-bond acceptors (Lipinski definition) is 3. The highest BCUT2D eigenvalue weighted by Gasteiger charge is 2.71. The van der Waals surface area contributed by atoms with E-state index in [1.165, 1.54) is 0 Å². The lowest BCUT2D eigenvalue weighted by molar-refractivity contribution is -0.146. The Labute approximate surface area is 140 Å². The van der Waals surface area contributed by atoms with Gasteiger partial charge in [-0.3, -0.25) is 9.59 Å². The number of hydrogen-bond donors (Lipinski definition) is 1. The molecule has 2 fully saturated rings. The van der Waals surface area contributed by atoms with Crippen LogP contribution in [0.5, 0.6) is 0 Å². The summed E-state index contributed by atoms with van der Waals surface area (Å²) in [6.07, 6.45) is 3.74. The Kier molecular flexibility index (Phi) is 3.18. The van der Waals surface area contributed by atoms with E-state index < -0.39 is 29.5 Å². The molecule has 1 amide bonds. The van der Waals surface area contributed by atoms with Crippen LogP contribution in [0.15, 0.2) is 54.6 Å². The second-order valence-corrected chi connectivity index (χ2v) is 6.86. The van der Waals surface area contributed by atoms with Gasteiger partial charge in [0.25, 0.3) is 0 Å². The summed E-state index contributed by atoms with van der Waals surface area (Å²) >= 11 is 0. The number of benzene rings is 1. The SMILES string of the molecule is C=C(C)C[C@H]1N(c2ccccc2)C(=O)[C@@H]2[C@H](C(=O)O)[C@H]3C=C[C@]21O3.